The maximum Gasteiger partial charge on any atom is 0.243 e. The lowest BCUT2D eigenvalue weighted by Gasteiger charge is -2.33. The number of benzene rings is 3. The van der Waals surface area contributed by atoms with E-state index in [1.54, 1.807) is 4.90 Å². The van der Waals surface area contributed by atoms with Gasteiger partial charge in [0.05, 0.1) is 0 Å². The van der Waals surface area contributed by atoms with Crippen LogP contribution in [0.5, 0.6) is 0 Å². The number of fused-ring (bicyclic) bond motifs is 1. The SMILES string of the molecule is CCC(C(=O)NC(C)(C)C)N(Cc1ccccc1Cl)C(=O)CCc1cccc2ccccc12. The van der Waals surface area contributed by atoms with Crippen molar-refractivity contribution in [1.82, 2.24) is 10.2 Å². The molecule has 2 amide bonds. The monoisotopic (exact) mass is 464 g/mol. The van der Waals surface area contributed by atoms with Gasteiger partial charge in [0.1, 0.15) is 6.04 Å². The van der Waals surface area contributed by atoms with E-state index >= 15 is 0 Å². The second kappa shape index (κ2) is 10.8. The van der Waals surface area contributed by atoms with Gasteiger partial charge >= 0.3 is 0 Å². The summed E-state index contributed by atoms with van der Waals surface area (Å²) in [5.41, 5.74) is 1.58. The van der Waals surface area contributed by atoms with E-state index in [0.29, 0.717) is 30.8 Å². The quantitative estimate of drug-likeness (QED) is 0.434. The molecule has 0 aromatic heterocycles. The highest BCUT2D eigenvalue weighted by Gasteiger charge is 2.30. The lowest BCUT2D eigenvalue weighted by atomic mass is 10.00. The van der Waals surface area contributed by atoms with E-state index in [9.17, 15) is 9.59 Å². The van der Waals surface area contributed by atoms with Crippen molar-refractivity contribution >= 4 is 34.2 Å². The molecule has 174 valence electrons. The van der Waals surface area contributed by atoms with Crippen LogP contribution in [-0.4, -0.2) is 28.3 Å². The van der Waals surface area contributed by atoms with Crippen molar-refractivity contribution in [1.29, 1.82) is 0 Å². The minimum atomic E-state index is -0.569. The first-order valence-electron chi connectivity index (χ1n) is 11.5. The fourth-order valence-electron chi connectivity index (χ4n) is 4.08. The van der Waals surface area contributed by atoms with Crippen LogP contribution in [0.2, 0.25) is 5.02 Å². The summed E-state index contributed by atoms with van der Waals surface area (Å²) in [7, 11) is 0. The topological polar surface area (TPSA) is 49.4 Å². The van der Waals surface area contributed by atoms with Crippen molar-refractivity contribution in [2.45, 2.75) is 65.1 Å². The van der Waals surface area contributed by atoms with Gasteiger partial charge < -0.3 is 10.2 Å². The number of hydrogen-bond donors (Lipinski definition) is 1. The summed E-state index contributed by atoms with van der Waals surface area (Å²) in [6, 6.07) is 21.3. The minimum absolute atomic E-state index is 0.0567. The Labute approximate surface area is 201 Å². The predicted octanol–water partition coefficient (Wildman–Crippen LogP) is 6.15. The van der Waals surface area contributed by atoms with Crippen LogP contribution in [0.3, 0.4) is 0 Å². The molecule has 0 aliphatic rings. The summed E-state index contributed by atoms with van der Waals surface area (Å²) in [5.74, 6) is -0.200. The molecule has 3 rings (SSSR count). The summed E-state index contributed by atoms with van der Waals surface area (Å²) in [6.45, 7) is 8.06. The lowest BCUT2D eigenvalue weighted by Crippen LogP contribution is -2.53. The normalized spacial score (nSPS) is 12.4. The number of nitrogens with zero attached hydrogens (tertiary/aromatic N) is 1. The van der Waals surface area contributed by atoms with Crippen LogP contribution < -0.4 is 5.32 Å². The second-order valence-corrected chi connectivity index (χ2v) is 9.82. The van der Waals surface area contributed by atoms with Crippen LogP contribution in [0, 0.1) is 0 Å². The maximum atomic E-state index is 13.5. The zero-order chi connectivity index (χ0) is 24.0. The molecule has 0 bridgehead atoms. The Morgan fingerprint density at radius 1 is 0.939 bits per heavy atom. The Bertz CT molecular complexity index is 1110. The van der Waals surface area contributed by atoms with Crippen LogP contribution in [0.15, 0.2) is 66.7 Å². The van der Waals surface area contributed by atoms with E-state index in [2.05, 4.69) is 29.6 Å². The molecule has 1 N–H and O–H groups in total. The Morgan fingerprint density at radius 3 is 2.27 bits per heavy atom. The zero-order valence-electron chi connectivity index (χ0n) is 19.9. The van der Waals surface area contributed by atoms with Gasteiger partial charge in [-0.05, 0) is 61.6 Å². The summed E-state index contributed by atoms with van der Waals surface area (Å²) >= 11 is 6.41. The summed E-state index contributed by atoms with van der Waals surface area (Å²) in [6.07, 6.45) is 1.45. The Morgan fingerprint density at radius 2 is 1.58 bits per heavy atom. The van der Waals surface area contributed by atoms with Crippen molar-refractivity contribution in [3.63, 3.8) is 0 Å². The Balaban J connectivity index is 1.86. The van der Waals surface area contributed by atoms with E-state index in [1.165, 1.54) is 0 Å². The van der Waals surface area contributed by atoms with Crippen LogP contribution >= 0.6 is 11.6 Å². The number of hydrogen-bond acceptors (Lipinski definition) is 2. The molecule has 0 saturated carbocycles. The van der Waals surface area contributed by atoms with Gasteiger partial charge in [-0.1, -0.05) is 79.2 Å². The number of carbonyl (C=O) groups excluding carboxylic acids is 2. The average molecular weight is 465 g/mol. The fraction of sp³-hybridized carbons (Fsp3) is 0.357. The van der Waals surface area contributed by atoms with Crippen LogP contribution in [-0.2, 0) is 22.6 Å². The van der Waals surface area contributed by atoms with E-state index in [4.69, 9.17) is 11.6 Å². The van der Waals surface area contributed by atoms with Crippen molar-refractivity contribution < 1.29 is 9.59 Å². The molecule has 0 saturated heterocycles. The van der Waals surface area contributed by atoms with E-state index in [-0.39, 0.29) is 17.4 Å². The molecular formula is C28H33ClN2O2. The molecule has 0 heterocycles. The first-order chi connectivity index (χ1) is 15.7. The van der Waals surface area contributed by atoms with Crippen LogP contribution in [0.25, 0.3) is 10.8 Å². The number of aryl methyl sites for hydroxylation is 1. The maximum absolute atomic E-state index is 13.5. The van der Waals surface area contributed by atoms with Gasteiger partial charge in [-0.3, -0.25) is 9.59 Å². The predicted molar refractivity (Wildman–Crippen MR) is 136 cm³/mol. The first kappa shape index (κ1) is 24.8. The van der Waals surface area contributed by atoms with Crippen molar-refractivity contribution in [3.05, 3.63) is 82.9 Å². The highest BCUT2D eigenvalue weighted by Crippen LogP contribution is 2.23. The largest absolute Gasteiger partial charge is 0.350 e. The van der Waals surface area contributed by atoms with Gasteiger partial charge in [0.15, 0.2) is 0 Å². The number of halogens is 1. The third-order valence-corrected chi connectivity index (χ3v) is 6.04. The van der Waals surface area contributed by atoms with Gasteiger partial charge in [-0.2, -0.15) is 0 Å². The standard InChI is InChI=1S/C28H33ClN2O2/c1-5-25(27(33)30-28(2,3)4)31(19-22-12-7-9-16-24(22)29)26(32)18-17-21-14-10-13-20-11-6-8-15-23(20)21/h6-16,25H,5,17-19H2,1-4H3,(H,30,33). The molecule has 0 radical (unpaired) electrons. The molecule has 33 heavy (non-hydrogen) atoms. The molecule has 0 aliphatic heterocycles. The van der Waals surface area contributed by atoms with E-state index < -0.39 is 6.04 Å². The zero-order valence-corrected chi connectivity index (χ0v) is 20.7. The van der Waals surface area contributed by atoms with Gasteiger partial charge in [0.2, 0.25) is 11.8 Å². The lowest BCUT2D eigenvalue weighted by molar-refractivity contribution is -0.142. The molecule has 0 spiro atoms. The van der Waals surface area contributed by atoms with Gasteiger partial charge in [0.25, 0.3) is 0 Å². The molecule has 0 fully saturated rings. The first-order valence-corrected chi connectivity index (χ1v) is 11.9. The van der Waals surface area contributed by atoms with Crippen molar-refractivity contribution in [3.8, 4) is 0 Å². The molecule has 5 heteroatoms. The Kier molecular flexibility index (Phi) is 8.15. The number of amides is 2. The molecule has 3 aromatic carbocycles. The number of carbonyl (C=O) groups is 2. The summed E-state index contributed by atoms with van der Waals surface area (Å²) in [5, 5.41) is 5.95. The fourth-order valence-corrected chi connectivity index (χ4v) is 4.27. The highest BCUT2D eigenvalue weighted by atomic mass is 35.5. The number of nitrogens with one attached hydrogen (secondary N) is 1. The van der Waals surface area contributed by atoms with Crippen LogP contribution in [0.1, 0.15) is 51.7 Å². The van der Waals surface area contributed by atoms with Gasteiger partial charge in [-0.25, -0.2) is 0 Å². The van der Waals surface area contributed by atoms with Crippen molar-refractivity contribution in [2.75, 3.05) is 0 Å². The van der Waals surface area contributed by atoms with E-state index in [1.807, 2.05) is 70.2 Å². The van der Waals surface area contributed by atoms with Gasteiger partial charge in [-0.15, -0.1) is 0 Å². The van der Waals surface area contributed by atoms with E-state index in [0.717, 1.165) is 21.9 Å². The number of rotatable bonds is 8. The molecule has 0 aliphatic carbocycles. The smallest absolute Gasteiger partial charge is 0.243 e. The second-order valence-electron chi connectivity index (χ2n) is 9.41. The third kappa shape index (κ3) is 6.58. The third-order valence-electron chi connectivity index (χ3n) is 5.67. The molecule has 1 atom stereocenters. The molecule has 1 unspecified atom stereocenters. The molecular weight excluding hydrogens is 432 g/mol. The molecule has 3 aromatic rings. The van der Waals surface area contributed by atoms with Crippen molar-refractivity contribution in [2.24, 2.45) is 0 Å². The molecule has 4 nitrogen and oxygen atoms in total. The summed E-state index contributed by atoms with van der Waals surface area (Å²) in [4.78, 5) is 28.4. The van der Waals surface area contributed by atoms with Gasteiger partial charge in [0, 0.05) is 23.5 Å². The Hall–Kier alpha value is -2.85. The minimum Gasteiger partial charge on any atom is -0.350 e. The highest BCUT2D eigenvalue weighted by molar-refractivity contribution is 6.31. The summed E-state index contributed by atoms with van der Waals surface area (Å²) < 4.78 is 0. The van der Waals surface area contributed by atoms with Crippen LogP contribution in [0.4, 0.5) is 0 Å². The average Bonchev–Trinajstić information content (AvgIpc) is 2.77.